The molecule has 2 N–H and O–H groups in total. The fourth-order valence-electron chi connectivity index (χ4n) is 1.05. The van der Waals surface area contributed by atoms with Gasteiger partial charge in [0.15, 0.2) is 0 Å². The number of hydrogen-bond acceptors (Lipinski definition) is 3. The van der Waals surface area contributed by atoms with Crippen LogP contribution in [0.4, 0.5) is 0 Å². The van der Waals surface area contributed by atoms with Crippen LogP contribution in [0.5, 0.6) is 0 Å². The van der Waals surface area contributed by atoms with Crippen LogP contribution in [0.15, 0.2) is 35.1 Å². The molecule has 0 fully saturated rings. The van der Waals surface area contributed by atoms with E-state index in [1.165, 1.54) is 9.75 Å². The Morgan fingerprint density at radius 1 is 1.33 bits per heavy atom. The van der Waals surface area contributed by atoms with Crippen molar-refractivity contribution in [3.8, 4) is 10.4 Å². The largest absolute Gasteiger partial charge is 0.472 e. The first-order chi connectivity index (χ1) is 5.90. The van der Waals surface area contributed by atoms with E-state index in [0.717, 1.165) is 5.56 Å². The van der Waals surface area contributed by atoms with Gasteiger partial charge in [0.2, 0.25) is 0 Å². The van der Waals surface area contributed by atoms with E-state index in [-0.39, 0.29) is 0 Å². The summed E-state index contributed by atoms with van der Waals surface area (Å²) < 4.78 is 4.99. The number of nitrogens with two attached hydrogens (primary N) is 1. The summed E-state index contributed by atoms with van der Waals surface area (Å²) in [5.74, 6) is 0. The highest BCUT2D eigenvalue weighted by molar-refractivity contribution is 7.15. The molecule has 0 aliphatic rings. The van der Waals surface area contributed by atoms with Crippen molar-refractivity contribution in [1.29, 1.82) is 0 Å². The maximum absolute atomic E-state index is 5.50. The molecule has 0 unspecified atom stereocenters. The maximum atomic E-state index is 5.50. The highest BCUT2D eigenvalue weighted by Crippen LogP contribution is 2.27. The summed E-state index contributed by atoms with van der Waals surface area (Å²) in [4.78, 5) is 2.41. The minimum atomic E-state index is 0.614. The molecule has 2 heterocycles. The molecule has 3 heteroatoms. The van der Waals surface area contributed by atoms with Gasteiger partial charge in [-0.1, -0.05) is 0 Å². The third-order valence-corrected chi connectivity index (χ3v) is 2.83. The van der Waals surface area contributed by atoms with E-state index in [9.17, 15) is 0 Å². The Morgan fingerprint density at radius 3 is 2.83 bits per heavy atom. The lowest BCUT2D eigenvalue weighted by atomic mass is 10.3. The number of hydrogen-bond donors (Lipinski definition) is 1. The summed E-state index contributed by atoms with van der Waals surface area (Å²) in [6.45, 7) is 0.614. The number of furan rings is 1. The monoisotopic (exact) mass is 179 g/mol. The third kappa shape index (κ3) is 1.29. The lowest BCUT2D eigenvalue weighted by Crippen LogP contribution is -1.90. The van der Waals surface area contributed by atoms with E-state index < -0.39 is 0 Å². The van der Waals surface area contributed by atoms with Crippen LogP contribution in [0.2, 0.25) is 0 Å². The SMILES string of the molecule is NCc1ccc(-c2ccoc2)s1. The van der Waals surface area contributed by atoms with Crippen LogP contribution in [0, 0.1) is 0 Å². The van der Waals surface area contributed by atoms with Gasteiger partial charge in [0.1, 0.15) is 0 Å². The van der Waals surface area contributed by atoms with Crippen molar-refractivity contribution in [3.63, 3.8) is 0 Å². The molecule has 0 spiro atoms. The average molecular weight is 179 g/mol. The van der Waals surface area contributed by atoms with Gasteiger partial charge in [-0.3, -0.25) is 0 Å². The zero-order valence-corrected chi connectivity index (χ0v) is 7.30. The van der Waals surface area contributed by atoms with Crippen molar-refractivity contribution in [2.75, 3.05) is 0 Å². The summed E-state index contributed by atoms with van der Waals surface area (Å²) in [5.41, 5.74) is 6.63. The Morgan fingerprint density at radius 2 is 2.25 bits per heavy atom. The van der Waals surface area contributed by atoms with E-state index in [4.69, 9.17) is 10.2 Å². The summed E-state index contributed by atoms with van der Waals surface area (Å²) in [6.07, 6.45) is 3.42. The predicted molar refractivity (Wildman–Crippen MR) is 49.9 cm³/mol. The van der Waals surface area contributed by atoms with Gasteiger partial charge >= 0.3 is 0 Å². The molecule has 2 rings (SSSR count). The van der Waals surface area contributed by atoms with Crippen molar-refractivity contribution < 1.29 is 4.42 Å². The second-order valence-corrected chi connectivity index (χ2v) is 3.65. The molecule has 0 atom stereocenters. The first kappa shape index (κ1) is 7.58. The topological polar surface area (TPSA) is 39.2 Å². The van der Waals surface area contributed by atoms with Gasteiger partial charge in [-0.05, 0) is 18.2 Å². The molecule has 0 bridgehead atoms. The molecule has 0 saturated heterocycles. The highest BCUT2D eigenvalue weighted by atomic mass is 32.1. The molecule has 2 aromatic heterocycles. The molecule has 0 amide bonds. The van der Waals surface area contributed by atoms with Gasteiger partial charge in [-0.25, -0.2) is 0 Å². The van der Waals surface area contributed by atoms with Crippen LogP contribution in [0.1, 0.15) is 4.88 Å². The molecule has 62 valence electrons. The molecule has 0 saturated carbocycles. The van der Waals surface area contributed by atoms with Gasteiger partial charge in [-0.2, -0.15) is 0 Å². The normalized spacial score (nSPS) is 10.4. The Bertz CT molecular complexity index is 350. The van der Waals surface area contributed by atoms with E-state index in [0.29, 0.717) is 6.54 Å². The Labute approximate surface area is 74.6 Å². The first-order valence-corrected chi connectivity index (χ1v) is 4.53. The lowest BCUT2D eigenvalue weighted by molar-refractivity contribution is 0.568. The number of thiophene rings is 1. The second kappa shape index (κ2) is 3.13. The smallest absolute Gasteiger partial charge is 0.0989 e. The molecule has 2 aromatic rings. The predicted octanol–water partition coefficient (Wildman–Crippen LogP) is 2.47. The molecule has 0 aromatic carbocycles. The summed E-state index contributed by atoms with van der Waals surface area (Å²) >= 11 is 1.71. The Balaban J connectivity index is 2.35. The molecule has 0 aliphatic carbocycles. The maximum Gasteiger partial charge on any atom is 0.0989 e. The van der Waals surface area contributed by atoms with E-state index >= 15 is 0 Å². The highest BCUT2D eigenvalue weighted by Gasteiger charge is 2.01. The van der Waals surface area contributed by atoms with Gasteiger partial charge in [-0.15, -0.1) is 11.3 Å². The van der Waals surface area contributed by atoms with Crippen LogP contribution >= 0.6 is 11.3 Å². The molecular weight excluding hydrogens is 170 g/mol. The fourth-order valence-corrected chi connectivity index (χ4v) is 1.92. The Hall–Kier alpha value is -1.06. The zero-order valence-electron chi connectivity index (χ0n) is 6.49. The molecule has 0 radical (unpaired) electrons. The van der Waals surface area contributed by atoms with E-state index in [2.05, 4.69) is 6.07 Å². The van der Waals surface area contributed by atoms with Crippen LogP contribution in [-0.2, 0) is 6.54 Å². The third-order valence-electron chi connectivity index (χ3n) is 1.67. The summed E-state index contributed by atoms with van der Waals surface area (Å²) in [5, 5.41) is 0. The minimum absolute atomic E-state index is 0.614. The second-order valence-electron chi connectivity index (χ2n) is 2.48. The standard InChI is InChI=1S/C9H9NOS/c10-5-8-1-2-9(12-8)7-3-4-11-6-7/h1-4,6H,5,10H2. The van der Waals surface area contributed by atoms with Crippen molar-refractivity contribution in [2.45, 2.75) is 6.54 Å². The van der Waals surface area contributed by atoms with Crippen LogP contribution in [-0.4, -0.2) is 0 Å². The quantitative estimate of drug-likeness (QED) is 0.769. The van der Waals surface area contributed by atoms with Crippen LogP contribution < -0.4 is 5.73 Å². The molecule has 0 aliphatic heterocycles. The van der Waals surface area contributed by atoms with Crippen molar-refractivity contribution >= 4 is 11.3 Å². The van der Waals surface area contributed by atoms with Crippen LogP contribution in [0.25, 0.3) is 10.4 Å². The molecule has 12 heavy (non-hydrogen) atoms. The van der Waals surface area contributed by atoms with Crippen molar-refractivity contribution in [3.05, 3.63) is 35.6 Å². The van der Waals surface area contributed by atoms with Gasteiger partial charge in [0.05, 0.1) is 12.5 Å². The van der Waals surface area contributed by atoms with Crippen molar-refractivity contribution in [1.82, 2.24) is 0 Å². The van der Waals surface area contributed by atoms with Gasteiger partial charge in [0.25, 0.3) is 0 Å². The molecule has 2 nitrogen and oxygen atoms in total. The van der Waals surface area contributed by atoms with Gasteiger partial charge in [0, 0.05) is 21.9 Å². The lowest BCUT2D eigenvalue weighted by Gasteiger charge is -1.87. The summed E-state index contributed by atoms with van der Waals surface area (Å²) in [6, 6.07) is 6.07. The average Bonchev–Trinajstić information content (AvgIpc) is 2.75. The number of rotatable bonds is 2. The van der Waals surface area contributed by atoms with E-state index in [1.807, 2.05) is 12.1 Å². The molecular formula is C9H9NOS. The zero-order chi connectivity index (χ0) is 8.39. The minimum Gasteiger partial charge on any atom is -0.472 e. The van der Waals surface area contributed by atoms with E-state index in [1.54, 1.807) is 23.9 Å². The first-order valence-electron chi connectivity index (χ1n) is 3.71. The van der Waals surface area contributed by atoms with Crippen molar-refractivity contribution in [2.24, 2.45) is 5.73 Å². The van der Waals surface area contributed by atoms with Crippen LogP contribution in [0.3, 0.4) is 0 Å². The fraction of sp³-hybridized carbons (Fsp3) is 0.111. The summed E-state index contributed by atoms with van der Waals surface area (Å²) in [7, 11) is 0. The van der Waals surface area contributed by atoms with Gasteiger partial charge < -0.3 is 10.2 Å². The Kier molecular flexibility index (Phi) is 1.98.